The zero-order valence-corrected chi connectivity index (χ0v) is 13.2. The summed E-state index contributed by atoms with van der Waals surface area (Å²) in [7, 11) is 0. The highest BCUT2D eigenvalue weighted by molar-refractivity contribution is 7.99. The second-order valence-electron chi connectivity index (χ2n) is 4.31. The van der Waals surface area contributed by atoms with Crippen LogP contribution < -0.4 is 5.32 Å². The predicted molar refractivity (Wildman–Crippen MR) is 86.1 cm³/mol. The van der Waals surface area contributed by atoms with Crippen molar-refractivity contribution in [3.63, 3.8) is 0 Å². The summed E-state index contributed by atoms with van der Waals surface area (Å²) in [4.78, 5) is 2.90. The highest BCUT2D eigenvalue weighted by Gasteiger charge is 2.14. The third-order valence-electron chi connectivity index (χ3n) is 2.93. The van der Waals surface area contributed by atoms with Crippen molar-refractivity contribution in [3.05, 3.63) is 44.8 Å². The lowest BCUT2D eigenvalue weighted by Gasteiger charge is -2.19. The lowest BCUT2D eigenvalue weighted by atomic mass is 10.1. The van der Waals surface area contributed by atoms with Gasteiger partial charge in [0, 0.05) is 34.0 Å². The van der Waals surface area contributed by atoms with Crippen molar-refractivity contribution in [1.82, 2.24) is 5.32 Å². The van der Waals surface area contributed by atoms with Crippen molar-refractivity contribution in [3.8, 4) is 0 Å². The van der Waals surface area contributed by atoms with Crippen LogP contribution in [0.1, 0.15) is 22.7 Å². The van der Waals surface area contributed by atoms with Crippen molar-refractivity contribution in [2.75, 3.05) is 12.8 Å². The topological polar surface area (TPSA) is 12.0 Å². The van der Waals surface area contributed by atoms with E-state index in [1.165, 1.54) is 9.75 Å². The van der Waals surface area contributed by atoms with Crippen LogP contribution >= 0.6 is 34.4 Å². The maximum atomic E-state index is 3.71. The molecule has 2 heterocycles. The molecule has 0 bridgehead atoms. The Morgan fingerprint density at radius 2 is 2.00 bits per heavy atom. The summed E-state index contributed by atoms with van der Waals surface area (Å²) in [5.74, 6) is 0. The molecule has 0 spiro atoms. The normalized spacial score (nSPS) is 14.6. The molecule has 0 fully saturated rings. The van der Waals surface area contributed by atoms with Gasteiger partial charge in [-0.05, 0) is 29.1 Å². The molecule has 2 aromatic rings. The van der Waals surface area contributed by atoms with Gasteiger partial charge < -0.3 is 5.32 Å². The first-order chi connectivity index (χ1) is 8.79. The van der Waals surface area contributed by atoms with E-state index in [1.54, 1.807) is 0 Å². The molecule has 0 aliphatic carbocycles. The Balaban J connectivity index is 1.99. The molecule has 2 rings (SSSR count). The Morgan fingerprint density at radius 3 is 2.61 bits per heavy atom. The van der Waals surface area contributed by atoms with Crippen molar-refractivity contribution in [1.29, 1.82) is 0 Å². The number of thioether (sulfide) groups is 1. The third-order valence-corrected chi connectivity index (χ3v) is 5.78. The molecule has 0 aliphatic rings. The molecule has 1 N–H and O–H groups in total. The van der Waals surface area contributed by atoms with E-state index in [-0.39, 0.29) is 0 Å². The van der Waals surface area contributed by atoms with Gasteiger partial charge in [-0.3, -0.25) is 0 Å². The second kappa shape index (κ2) is 7.34. The Hall–Kier alpha value is -0.290. The Labute approximate surface area is 122 Å². The summed E-state index contributed by atoms with van der Waals surface area (Å²) in [5.41, 5.74) is 0. The summed E-state index contributed by atoms with van der Waals surface area (Å²) in [6.45, 7) is 3.34. The van der Waals surface area contributed by atoms with Crippen molar-refractivity contribution in [2.45, 2.75) is 24.6 Å². The minimum Gasteiger partial charge on any atom is -0.308 e. The lowest BCUT2D eigenvalue weighted by molar-refractivity contribution is 0.544. The third kappa shape index (κ3) is 4.12. The van der Waals surface area contributed by atoms with Gasteiger partial charge in [0.15, 0.2) is 0 Å². The number of hydrogen-bond donors (Lipinski definition) is 1. The first-order valence-corrected chi connectivity index (χ1v) is 9.16. The zero-order chi connectivity index (χ0) is 12.8. The minimum absolute atomic E-state index is 0.457. The number of rotatable bonds is 7. The Morgan fingerprint density at radius 1 is 1.22 bits per heavy atom. The van der Waals surface area contributed by atoms with E-state index in [4.69, 9.17) is 0 Å². The van der Waals surface area contributed by atoms with Gasteiger partial charge in [-0.25, -0.2) is 0 Å². The second-order valence-corrected chi connectivity index (χ2v) is 7.59. The first kappa shape index (κ1) is 14.1. The number of nitrogens with one attached hydrogen (secondary N) is 1. The van der Waals surface area contributed by atoms with Gasteiger partial charge >= 0.3 is 0 Å². The summed E-state index contributed by atoms with van der Waals surface area (Å²) >= 11 is 5.61. The van der Waals surface area contributed by atoms with E-state index in [2.05, 4.69) is 53.5 Å². The van der Waals surface area contributed by atoms with E-state index in [0.29, 0.717) is 11.3 Å². The van der Waals surface area contributed by atoms with E-state index >= 15 is 0 Å². The maximum Gasteiger partial charge on any atom is 0.0463 e. The van der Waals surface area contributed by atoms with E-state index < -0.39 is 0 Å². The monoisotopic (exact) mass is 297 g/mol. The van der Waals surface area contributed by atoms with Crippen LogP contribution in [0.5, 0.6) is 0 Å². The average molecular weight is 298 g/mol. The summed E-state index contributed by atoms with van der Waals surface area (Å²) in [5, 5.41) is 8.69. The molecule has 0 aliphatic heterocycles. The van der Waals surface area contributed by atoms with Crippen molar-refractivity contribution < 1.29 is 0 Å². The van der Waals surface area contributed by atoms with Crippen LogP contribution in [0.25, 0.3) is 0 Å². The molecule has 0 amide bonds. The average Bonchev–Trinajstić information content (AvgIpc) is 3.06. The fraction of sp³-hybridized carbons (Fsp3) is 0.429. The van der Waals surface area contributed by atoms with Crippen LogP contribution in [-0.2, 0) is 6.42 Å². The summed E-state index contributed by atoms with van der Waals surface area (Å²) < 4.78 is 0. The quantitative estimate of drug-likeness (QED) is 0.811. The molecule has 0 aromatic carbocycles. The van der Waals surface area contributed by atoms with Gasteiger partial charge in [0.2, 0.25) is 0 Å². The molecule has 2 unspecified atom stereocenters. The summed E-state index contributed by atoms with van der Waals surface area (Å²) in [6, 6.07) is 9.19. The van der Waals surface area contributed by atoms with Crippen LogP contribution in [0, 0.1) is 0 Å². The molecule has 1 nitrogen and oxygen atoms in total. The van der Waals surface area contributed by atoms with E-state index in [0.717, 1.165) is 13.0 Å². The molecular formula is C14H19NS3. The minimum atomic E-state index is 0.457. The lowest BCUT2D eigenvalue weighted by Crippen LogP contribution is -2.28. The van der Waals surface area contributed by atoms with E-state index in [1.807, 2.05) is 34.4 Å². The van der Waals surface area contributed by atoms with Crippen molar-refractivity contribution in [2.24, 2.45) is 0 Å². The van der Waals surface area contributed by atoms with Gasteiger partial charge in [0.1, 0.15) is 0 Å². The molecule has 2 aromatic heterocycles. The fourth-order valence-electron chi connectivity index (χ4n) is 1.78. The van der Waals surface area contributed by atoms with Crippen LogP contribution in [0.4, 0.5) is 0 Å². The fourth-order valence-corrected chi connectivity index (χ4v) is 3.60. The van der Waals surface area contributed by atoms with Crippen LogP contribution in [-0.4, -0.2) is 18.1 Å². The van der Waals surface area contributed by atoms with Crippen LogP contribution in [0.3, 0.4) is 0 Å². The highest BCUT2D eigenvalue weighted by atomic mass is 32.2. The number of thiophene rings is 2. The van der Waals surface area contributed by atoms with Crippen LogP contribution in [0.2, 0.25) is 0 Å². The number of hydrogen-bond acceptors (Lipinski definition) is 4. The molecular weight excluding hydrogens is 278 g/mol. The van der Waals surface area contributed by atoms with Gasteiger partial charge in [0.05, 0.1) is 0 Å². The van der Waals surface area contributed by atoms with Gasteiger partial charge in [-0.15, -0.1) is 22.7 Å². The first-order valence-electron chi connectivity index (χ1n) is 6.11. The Bertz CT molecular complexity index is 422. The van der Waals surface area contributed by atoms with Crippen molar-refractivity contribution >= 4 is 34.4 Å². The standard InChI is InChI=1S/C14H19NS3/c1-11(16-2)10-15-13(14-6-4-8-18-14)9-12-5-3-7-17-12/h3-8,11,13,15H,9-10H2,1-2H3. The molecule has 0 saturated heterocycles. The molecule has 0 saturated carbocycles. The SMILES string of the molecule is CSC(C)CNC(Cc1cccs1)c1cccs1. The van der Waals surface area contributed by atoms with Gasteiger partial charge in [-0.2, -0.15) is 11.8 Å². The summed E-state index contributed by atoms with van der Waals surface area (Å²) in [6.07, 6.45) is 3.27. The molecule has 0 radical (unpaired) electrons. The van der Waals surface area contributed by atoms with Gasteiger partial charge in [0.25, 0.3) is 0 Å². The molecule has 4 heteroatoms. The van der Waals surface area contributed by atoms with E-state index in [9.17, 15) is 0 Å². The molecule has 98 valence electrons. The smallest absolute Gasteiger partial charge is 0.0463 e. The maximum absolute atomic E-state index is 3.71. The largest absolute Gasteiger partial charge is 0.308 e. The highest BCUT2D eigenvalue weighted by Crippen LogP contribution is 2.25. The molecule has 18 heavy (non-hydrogen) atoms. The molecule has 2 atom stereocenters. The van der Waals surface area contributed by atoms with Gasteiger partial charge in [-0.1, -0.05) is 19.1 Å². The Kier molecular flexibility index (Phi) is 5.76. The predicted octanol–water partition coefficient (Wildman–Crippen LogP) is 4.43. The van der Waals surface area contributed by atoms with Crippen LogP contribution in [0.15, 0.2) is 35.0 Å². The zero-order valence-electron chi connectivity index (χ0n) is 10.8.